The monoisotopic (exact) mass is 163 g/mol. The molecule has 3 N–H and O–H groups in total. The van der Waals surface area contributed by atoms with Gasteiger partial charge in [-0.3, -0.25) is 4.79 Å². The third-order valence-corrected chi connectivity index (χ3v) is 0.913. The summed E-state index contributed by atoms with van der Waals surface area (Å²) in [7, 11) is 0. The Morgan fingerprint density at radius 3 is 2.20 bits per heavy atom. The van der Waals surface area contributed by atoms with Gasteiger partial charge in [0, 0.05) is 0 Å². The molecule has 0 rings (SSSR count). The van der Waals surface area contributed by atoms with E-state index in [0.29, 0.717) is 0 Å². The molecule has 0 aliphatic carbocycles. The summed E-state index contributed by atoms with van der Waals surface area (Å²) in [6, 6.07) is 0. The Morgan fingerprint density at radius 1 is 1.40 bits per heavy atom. The topological polar surface area (TPSA) is 86.6 Å². The van der Waals surface area contributed by atoms with Crippen LogP contribution in [0.1, 0.15) is 0 Å². The van der Waals surface area contributed by atoms with Gasteiger partial charge in [-0.2, -0.15) is 0 Å². The number of carboxylic acids is 2. The van der Waals surface area contributed by atoms with Crippen molar-refractivity contribution < 1.29 is 19.8 Å². The summed E-state index contributed by atoms with van der Waals surface area (Å²) in [5.41, 5.74) is 0. The second-order valence-electron chi connectivity index (χ2n) is 1.38. The highest BCUT2D eigenvalue weighted by Crippen LogP contribution is 1.71. The van der Waals surface area contributed by atoms with Gasteiger partial charge < -0.3 is 15.5 Å². The summed E-state index contributed by atoms with van der Waals surface area (Å²) in [6.45, 7) is -0.467. The number of carbonyl (C=O) groups is 2. The highest BCUT2D eigenvalue weighted by molar-refractivity contribution is 7.81. The van der Waals surface area contributed by atoms with Crippen molar-refractivity contribution in [3.8, 4) is 0 Å². The maximum Gasteiger partial charge on any atom is 0.363 e. The van der Waals surface area contributed by atoms with Gasteiger partial charge in [0.15, 0.2) is 4.99 Å². The predicted molar refractivity (Wildman–Crippen MR) is 35.9 cm³/mol. The molecule has 0 heterocycles. The summed E-state index contributed by atoms with van der Waals surface area (Å²) >= 11 is 4.22. The van der Waals surface area contributed by atoms with E-state index in [0.717, 1.165) is 0 Å². The SMILES string of the molecule is O=C(O)CNC(=S)C(=O)O. The molecule has 0 bridgehead atoms. The van der Waals surface area contributed by atoms with Crippen LogP contribution < -0.4 is 5.32 Å². The van der Waals surface area contributed by atoms with Gasteiger partial charge in [-0.05, 0) is 0 Å². The van der Waals surface area contributed by atoms with Crippen LogP contribution in [-0.2, 0) is 9.59 Å². The zero-order valence-corrected chi connectivity index (χ0v) is 5.64. The van der Waals surface area contributed by atoms with Gasteiger partial charge in [-0.25, -0.2) is 4.79 Å². The molecule has 0 aliphatic heterocycles. The highest BCUT2D eigenvalue weighted by Gasteiger charge is 2.05. The van der Waals surface area contributed by atoms with Crippen LogP contribution in [0.15, 0.2) is 0 Å². The molecular formula is C4H5NO4S. The molecule has 6 heteroatoms. The van der Waals surface area contributed by atoms with Gasteiger partial charge in [0.1, 0.15) is 6.54 Å². The Labute approximate surface area is 61.7 Å². The first kappa shape index (κ1) is 8.83. The molecule has 10 heavy (non-hydrogen) atoms. The van der Waals surface area contributed by atoms with E-state index in [1.54, 1.807) is 0 Å². The van der Waals surface area contributed by atoms with Crippen LogP contribution in [0.5, 0.6) is 0 Å². The van der Waals surface area contributed by atoms with E-state index in [2.05, 4.69) is 12.2 Å². The number of aliphatic carboxylic acids is 2. The van der Waals surface area contributed by atoms with Gasteiger partial charge >= 0.3 is 11.9 Å². The first-order chi connectivity index (χ1) is 4.54. The second kappa shape index (κ2) is 3.78. The molecule has 56 valence electrons. The van der Waals surface area contributed by atoms with Crippen LogP contribution in [0.3, 0.4) is 0 Å². The molecule has 5 nitrogen and oxygen atoms in total. The molecule has 0 saturated heterocycles. The lowest BCUT2D eigenvalue weighted by Crippen LogP contribution is -2.33. The molecule has 0 aromatic carbocycles. The maximum absolute atomic E-state index is 9.92. The number of hydrogen-bond donors (Lipinski definition) is 3. The third-order valence-electron chi connectivity index (χ3n) is 0.594. The van der Waals surface area contributed by atoms with Crippen molar-refractivity contribution in [1.29, 1.82) is 0 Å². The standard InChI is InChI=1S/C4H5NO4S/c6-2(7)1-5-3(10)4(8)9/h1H2,(H,5,10)(H,6,7)(H,8,9). The molecular weight excluding hydrogens is 158 g/mol. The van der Waals surface area contributed by atoms with E-state index in [1.165, 1.54) is 0 Å². The fraction of sp³-hybridized carbons (Fsp3) is 0.250. The summed E-state index contributed by atoms with van der Waals surface area (Å²) in [5, 5.41) is 18.1. The van der Waals surface area contributed by atoms with Gasteiger partial charge in [0.25, 0.3) is 0 Å². The molecule has 0 aliphatic rings. The summed E-state index contributed by atoms with van der Waals surface area (Å²) in [6.07, 6.45) is 0. The average molecular weight is 163 g/mol. The Kier molecular flexibility index (Phi) is 3.34. The fourth-order valence-electron chi connectivity index (χ4n) is 0.232. The Balaban J connectivity index is 3.60. The third kappa shape index (κ3) is 3.79. The molecule has 0 unspecified atom stereocenters. The molecule has 0 spiro atoms. The van der Waals surface area contributed by atoms with E-state index in [9.17, 15) is 9.59 Å². The summed E-state index contributed by atoms with van der Waals surface area (Å²) < 4.78 is 0. The van der Waals surface area contributed by atoms with E-state index in [-0.39, 0.29) is 0 Å². The Hall–Kier alpha value is -1.17. The summed E-state index contributed by atoms with van der Waals surface area (Å²) in [4.78, 5) is 19.2. The smallest absolute Gasteiger partial charge is 0.363 e. The second-order valence-corrected chi connectivity index (χ2v) is 1.79. The van der Waals surface area contributed by atoms with Crippen molar-refractivity contribution in [2.45, 2.75) is 0 Å². The van der Waals surface area contributed by atoms with E-state index < -0.39 is 23.5 Å². The normalized spacial score (nSPS) is 8.40. The average Bonchev–Trinajstić information content (AvgIpc) is 1.82. The number of rotatable bonds is 2. The number of hydrogen-bond acceptors (Lipinski definition) is 3. The Bertz CT molecular complexity index is 178. The van der Waals surface area contributed by atoms with Crippen LogP contribution in [0.2, 0.25) is 0 Å². The number of thiocarbonyl (C=S) groups is 1. The largest absolute Gasteiger partial charge is 0.480 e. The van der Waals surface area contributed by atoms with Crippen LogP contribution in [0, 0.1) is 0 Å². The fourth-order valence-corrected chi connectivity index (χ4v) is 0.304. The molecule has 0 atom stereocenters. The van der Waals surface area contributed by atoms with Crippen LogP contribution in [-0.4, -0.2) is 33.7 Å². The number of carboxylic acid groups (broad SMARTS) is 2. The molecule has 0 radical (unpaired) electrons. The van der Waals surface area contributed by atoms with Crippen LogP contribution in [0.4, 0.5) is 0 Å². The minimum absolute atomic E-state index is 0.467. The first-order valence-electron chi connectivity index (χ1n) is 2.27. The lowest BCUT2D eigenvalue weighted by molar-refractivity contribution is -0.135. The quantitative estimate of drug-likeness (QED) is 0.456. The molecule has 0 saturated carbocycles. The minimum atomic E-state index is -1.32. The van der Waals surface area contributed by atoms with E-state index in [1.807, 2.05) is 5.32 Å². The minimum Gasteiger partial charge on any atom is -0.480 e. The lowest BCUT2D eigenvalue weighted by atomic mass is 10.6. The van der Waals surface area contributed by atoms with Crippen molar-refractivity contribution in [1.82, 2.24) is 5.32 Å². The molecule has 0 fully saturated rings. The van der Waals surface area contributed by atoms with Crippen molar-refractivity contribution in [2.24, 2.45) is 0 Å². The van der Waals surface area contributed by atoms with Crippen molar-refractivity contribution in [3.05, 3.63) is 0 Å². The van der Waals surface area contributed by atoms with E-state index in [4.69, 9.17) is 10.2 Å². The van der Waals surface area contributed by atoms with Crippen molar-refractivity contribution in [2.75, 3.05) is 6.54 Å². The molecule has 0 amide bonds. The van der Waals surface area contributed by atoms with Gasteiger partial charge in [0.05, 0.1) is 0 Å². The highest BCUT2D eigenvalue weighted by atomic mass is 32.1. The molecule has 0 aromatic rings. The first-order valence-corrected chi connectivity index (χ1v) is 2.67. The molecule has 0 aromatic heterocycles. The predicted octanol–water partition coefficient (Wildman–Crippen LogP) is -0.927. The van der Waals surface area contributed by atoms with Gasteiger partial charge in [0.2, 0.25) is 0 Å². The lowest BCUT2D eigenvalue weighted by Gasteiger charge is -1.97. The van der Waals surface area contributed by atoms with E-state index >= 15 is 0 Å². The van der Waals surface area contributed by atoms with Crippen LogP contribution >= 0.6 is 12.2 Å². The van der Waals surface area contributed by atoms with Gasteiger partial charge in [-0.1, -0.05) is 12.2 Å². The van der Waals surface area contributed by atoms with Crippen molar-refractivity contribution in [3.63, 3.8) is 0 Å². The maximum atomic E-state index is 9.92. The Morgan fingerprint density at radius 2 is 1.90 bits per heavy atom. The van der Waals surface area contributed by atoms with Gasteiger partial charge in [-0.15, -0.1) is 0 Å². The zero-order chi connectivity index (χ0) is 8.15. The van der Waals surface area contributed by atoms with Crippen LogP contribution in [0.25, 0.3) is 0 Å². The van der Waals surface area contributed by atoms with Crippen molar-refractivity contribution >= 4 is 29.1 Å². The summed E-state index contributed by atoms with van der Waals surface area (Å²) in [5.74, 6) is -2.47. The number of nitrogens with one attached hydrogen (secondary N) is 1. The zero-order valence-electron chi connectivity index (χ0n) is 4.83.